The van der Waals surface area contributed by atoms with E-state index in [2.05, 4.69) is 25.2 Å². The molecule has 32 heavy (non-hydrogen) atoms. The summed E-state index contributed by atoms with van der Waals surface area (Å²) in [7, 11) is 1.66. The lowest BCUT2D eigenvalue weighted by Crippen LogP contribution is -2.58. The number of fused-ring (bicyclic) bond motifs is 4. The van der Waals surface area contributed by atoms with Crippen molar-refractivity contribution in [1.29, 1.82) is 0 Å². The number of amides is 2. The van der Waals surface area contributed by atoms with Crippen LogP contribution in [0.15, 0.2) is 18.2 Å². The molecule has 7 nitrogen and oxygen atoms in total. The molecule has 1 aromatic carbocycles. The number of hydrogen-bond acceptors (Lipinski definition) is 5. The molecule has 0 saturated carbocycles. The van der Waals surface area contributed by atoms with E-state index in [1.54, 1.807) is 7.11 Å². The summed E-state index contributed by atoms with van der Waals surface area (Å²) in [5.74, 6) is 1.92. The number of nitrogens with one attached hydrogen (secondary N) is 1. The fourth-order valence-electron chi connectivity index (χ4n) is 5.54. The van der Waals surface area contributed by atoms with E-state index in [1.807, 2.05) is 30.9 Å². The predicted octanol–water partition coefficient (Wildman–Crippen LogP) is 3.32. The van der Waals surface area contributed by atoms with Gasteiger partial charge in [0.05, 0.1) is 19.3 Å². The van der Waals surface area contributed by atoms with Crippen LogP contribution in [0.3, 0.4) is 0 Å². The molecule has 0 bridgehead atoms. The molecule has 4 rings (SSSR count). The zero-order valence-electron chi connectivity index (χ0n) is 20.0. The van der Waals surface area contributed by atoms with E-state index in [9.17, 15) is 9.59 Å². The van der Waals surface area contributed by atoms with Crippen molar-refractivity contribution in [3.05, 3.63) is 23.8 Å². The quantitative estimate of drug-likeness (QED) is 0.771. The lowest BCUT2D eigenvalue weighted by molar-refractivity contribution is -0.189. The number of carbonyl (C=O) groups excluding carboxylic acids is 2. The van der Waals surface area contributed by atoms with Gasteiger partial charge in [0.2, 0.25) is 11.8 Å². The molecule has 1 N–H and O–H groups in total. The molecule has 5 atom stereocenters. The first-order chi connectivity index (χ1) is 15.1. The monoisotopic (exact) mass is 444 g/mol. The van der Waals surface area contributed by atoms with Crippen molar-refractivity contribution in [1.82, 2.24) is 10.2 Å². The second-order valence-electron chi connectivity index (χ2n) is 10.3. The average molecular weight is 445 g/mol. The Hall–Kier alpha value is -2.28. The average Bonchev–Trinajstić information content (AvgIpc) is 2.74. The van der Waals surface area contributed by atoms with Crippen molar-refractivity contribution in [2.24, 2.45) is 17.8 Å². The highest BCUT2D eigenvalue weighted by molar-refractivity contribution is 5.87. The van der Waals surface area contributed by atoms with Crippen LogP contribution in [-0.2, 0) is 14.3 Å². The summed E-state index contributed by atoms with van der Waals surface area (Å²) in [4.78, 5) is 26.8. The molecular formula is C25H36N2O5. The molecule has 0 unspecified atom stereocenters. The molecule has 3 aliphatic heterocycles. The summed E-state index contributed by atoms with van der Waals surface area (Å²) in [6, 6.07) is 5.47. The Labute approximate surface area is 190 Å². The third-order valence-corrected chi connectivity index (χ3v) is 7.30. The number of likely N-dealkylation sites (tertiary alicyclic amines) is 1. The number of hydrogen-bond donors (Lipinski definition) is 1. The summed E-state index contributed by atoms with van der Waals surface area (Å²) in [5, 5.41) is 2.84. The van der Waals surface area contributed by atoms with Gasteiger partial charge in [-0.3, -0.25) is 9.59 Å². The minimum atomic E-state index is -0.488. The topological polar surface area (TPSA) is 77.1 Å². The molecule has 0 aromatic heterocycles. The van der Waals surface area contributed by atoms with E-state index in [-0.39, 0.29) is 41.8 Å². The molecule has 2 amide bonds. The first-order valence-electron chi connectivity index (χ1n) is 11.7. The Morgan fingerprint density at radius 2 is 2.03 bits per heavy atom. The van der Waals surface area contributed by atoms with Crippen LogP contribution in [0.2, 0.25) is 0 Å². The smallest absolute Gasteiger partial charge is 0.245 e. The van der Waals surface area contributed by atoms with Crippen LogP contribution in [0.4, 0.5) is 0 Å². The number of methoxy groups -OCH3 is 1. The molecule has 1 aromatic rings. The minimum Gasteiger partial charge on any atom is -0.497 e. The molecule has 3 heterocycles. The third-order valence-electron chi connectivity index (χ3n) is 7.30. The third kappa shape index (κ3) is 4.19. The zero-order chi connectivity index (χ0) is 23.2. The van der Waals surface area contributed by atoms with Crippen molar-refractivity contribution in [3.63, 3.8) is 0 Å². The molecule has 2 fully saturated rings. The van der Waals surface area contributed by atoms with Crippen molar-refractivity contribution >= 4 is 11.8 Å². The molecule has 7 heteroatoms. The fraction of sp³-hybridized carbons (Fsp3) is 0.680. The van der Waals surface area contributed by atoms with Gasteiger partial charge >= 0.3 is 0 Å². The largest absolute Gasteiger partial charge is 0.497 e. The Bertz CT molecular complexity index is 883. The van der Waals surface area contributed by atoms with Crippen molar-refractivity contribution < 1.29 is 23.8 Å². The van der Waals surface area contributed by atoms with Gasteiger partial charge in [0.1, 0.15) is 23.1 Å². The van der Waals surface area contributed by atoms with Gasteiger partial charge in [0, 0.05) is 43.5 Å². The van der Waals surface area contributed by atoms with E-state index >= 15 is 0 Å². The Morgan fingerprint density at radius 1 is 1.28 bits per heavy atom. The molecule has 176 valence electrons. The van der Waals surface area contributed by atoms with Crippen LogP contribution in [-0.4, -0.2) is 54.7 Å². The lowest BCUT2D eigenvalue weighted by atomic mass is 9.70. The number of nitrogens with zero attached hydrogens (tertiary/aromatic N) is 1. The molecule has 3 aliphatic rings. The highest BCUT2D eigenvalue weighted by atomic mass is 16.5. The van der Waals surface area contributed by atoms with Crippen molar-refractivity contribution in [2.75, 3.05) is 20.2 Å². The minimum absolute atomic E-state index is 0.00682. The van der Waals surface area contributed by atoms with Gasteiger partial charge in [-0.15, -0.1) is 0 Å². The van der Waals surface area contributed by atoms with E-state index in [0.717, 1.165) is 29.9 Å². The Morgan fingerprint density at radius 3 is 2.69 bits per heavy atom. The second-order valence-corrected chi connectivity index (χ2v) is 10.3. The highest BCUT2D eigenvalue weighted by Gasteiger charge is 2.52. The molecule has 2 saturated heterocycles. The first-order valence-corrected chi connectivity index (χ1v) is 11.7. The van der Waals surface area contributed by atoms with Gasteiger partial charge in [-0.25, -0.2) is 0 Å². The maximum absolute atomic E-state index is 13.2. The van der Waals surface area contributed by atoms with E-state index in [4.69, 9.17) is 14.2 Å². The van der Waals surface area contributed by atoms with Crippen LogP contribution >= 0.6 is 0 Å². The summed E-state index contributed by atoms with van der Waals surface area (Å²) >= 11 is 0. The molecular weight excluding hydrogens is 408 g/mol. The van der Waals surface area contributed by atoms with Gasteiger partial charge < -0.3 is 24.4 Å². The van der Waals surface area contributed by atoms with E-state index in [0.29, 0.717) is 13.1 Å². The fourth-order valence-corrected chi connectivity index (χ4v) is 5.54. The van der Waals surface area contributed by atoms with Crippen LogP contribution in [0.25, 0.3) is 0 Å². The van der Waals surface area contributed by atoms with Crippen LogP contribution in [0.5, 0.6) is 11.5 Å². The number of piperidine rings is 1. The standard InChI is InChI=1S/C25H36N2O5/c1-14(2)22(26-15(3)28)24(29)27-10-9-20-16(13-27)11-19-23(31-20)18-8-7-17(30-6)12-21(18)32-25(19,4)5/h7-8,12,14,16,19-20,22-23H,9-11,13H2,1-6H3,(H,26,28)/t16-,19+,20+,22+,23-/m0/s1. The normalized spacial score (nSPS) is 29.2. The van der Waals surface area contributed by atoms with Gasteiger partial charge in [-0.05, 0) is 44.7 Å². The van der Waals surface area contributed by atoms with Crippen LogP contribution < -0.4 is 14.8 Å². The van der Waals surface area contributed by atoms with Gasteiger partial charge in [0.15, 0.2) is 0 Å². The lowest BCUT2D eigenvalue weighted by Gasteiger charge is -2.53. The first kappa shape index (κ1) is 22.9. The van der Waals surface area contributed by atoms with Gasteiger partial charge in [0.25, 0.3) is 0 Å². The molecule has 0 aliphatic carbocycles. The zero-order valence-corrected chi connectivity index (χ0v) is 20.0. The number of rotatable bonds is 4. The maximum Gasteiger partial charge on any atom is 0.245 e. The van der Waals surface area contributed by atoms with Gasteiger partial charge in [-0.2, -0.15) is 0 Å². The van der Waals surface area contributed by atoms with Crippen LogP contribution in [0.1, 0.15) is 59.1 Å². The predicted molar refractivity (Wildman–Crippen MR) is 121 cm³/mol. The summed E-state index contributed by atoms with van der Waals surface area (Å²) in [6.45, 7) is 10.9. The summed E-state index contributed by atoms with van der Waals surface area (Å²) in [6.07, 6.45) is 1.83. The van der Waals surface area contributed by atoms with E-state index in [1.165, 1.54) is 6.92 Å². The SMILES string of the molecule is COc1ccc2c(c1)OC(C)(C)[C@@H]1C[C@H]3CN(C(=O)[C@H](NC(C)=O)C(C)C)CC[C@H]3O[C@@H]21. The van der Waals surface area contributed by atoms with Crippen molar-refractivity contribution in [2.45, 2.75) is 71.3 Å². The highest BCUT2D eigenvalue weighted by Crippen LogP contribution is 2.53. The van der Waals surface area contributed by atoms with Gasteiger partial charge in [-0.1, -0.05) is 13.8 Å². The van der Waals surface area contributed by atoms with Crippen molar-refractivity contribution in [3.8, 4) is 11.5 Å². The number of carbonyl (C=O) groups is 2. The Kier molecular flexibility index (Phi) is 6.14. The Balaban J connectivity index is 1.53. The summed E-state index contributed by atoms with van der Waals surface area (Å²) in [5.41, 5.74) is 0.690. The molecule has 0 spiro atoms. The second kappa shape index (κ2) is 8.58. The number of ether oxygens (including phenoxy) is 3. The number of benzene rings is 1. The maximum atomic E-state index is 13.2. The molecule has 0 radical (unpaired) electrons. The van der Waals surface area contributed by atoms with E-state index < -0.39 is 11.6 Å². The summed E-state index contributed by atoms with van der Waals surface area (Å²) < 4.78 is 18.5. The van der Waals surface area contributed by atoms with Crippen LogP contribution in [0, 0.1) is 17.8 Å².